The van der Waals surface area contributed by atoms with Crippen molar-refractivity contribution in [3.05, 3.63) is 81.3 Å². The predicted octanol–water partition coefficient (Wildman–Crippen LogP) is 4.18. The quantitative estimate of drug-likeness (QED) is 0.446. The highest BCUT2D eigenvalue weighted by Gasteiger charge is 2.55. The number of nitrogens with zero attached hydrogens (tertiary/aromatic N) is 1. The average Bonchev–Trinajstić information content (AvgIpc) is 2.77. The lowest BCUT2D eigenvalue weighted by molar-refractivity contribution is -0.161. The Balaban J connectivity index is 1.66. The number of fused-ring (bicyclic) bond motifs is 1. The van der Waals surface area contributed by atoms with E-state index in [-0.39, 0.29) is 23.8 Å². The molecule has 4 rings (SSSR count). The third kappa shape index (κ3) is 4.10. The SMILES string of the molecule is NC1C(=O)N2CC(C=C(Br)Br)(C(=O)OC(c3ccccc3)c3ccccc3)CS[C@H]12. The lowest BCUT2D eigenvalue weighted by Crippen LogP contribution is -2.72. The molecule has 2 heterocycles. The Bertz CT molecular complexity index is 929. The van der Waals surface area contributed by atoms with Crippen molar-refractivity contribution in [2.45, 2.75) is 17.5 Å². The van der Waals surface area contributed by atoms with E-state index in [1.165, 1.54) is 11.8 Å². The van der Waals surface area contributed by atoms with Gasteiger partial charge in [0.05, 0.1) is 3.39 Å². The molecule has 0 aliphatic carbocycles. The second-order valence-corrected chi connectivity index (χ2v) is 11.3. The van der Waals surface area contributed by atoms with Crippen LogP contribution in [0.25, 0.3) is 0 Å². The molecule has 2 saturated heterocycles. The summed E-state index contributed by atoms with van der Waals surface area (Å²) >= 11 is 8.28. The highest BCUT2D eigenvalue weighted by molar-refractivity contribution is 9.28. The predicted molar refractivity (Wildman–Crippen MR) is 125 cm³/mol. The van der Waals surface area contributed by atoms with Crippen molar-refractivity contribution in [1.82, 2.24) is 4.90 Å². The largest absolute Gasteiger partial charge is 0.452 e. The van der Waals surface area contributed by atoms with Crippen LogP contribution in [0.3, 0.4) is 0 Å². The maximum Gasteiger partial charge on any atom is 0.319 e. The molecule has 0 radical (unpaired) electrons. The van der Waals surface area contributed by atoms with E-state index >= 15 is 0 Å². The summed E-state index contributed by atoms with van der Waals surface area (Å²) in [6.45, 7) is 0.243. The summed E-state index contributed by atoms with van der Waals surface area (Å²) in [5, 5.41) is -0.0834. The van der Waals surface area contributed by atoms with Crippen molar-refractivity contribution >= 4 is 55.5 Å². The number of carbonyl (C=O) groups is 2. The number of amides is 1. The molecule has 1 amide bonds. The van der Waals surface area contributed by atoms with Gasteiger partial charge in [-0.05, 0) is 49.1 Å². The molecule has 8 heteroatoms. The van der Waals surface area contributed by atoms with Crippen LogP contribution in [-0.4, -0.2) is 40.5 Å². The number of thioether (sulfide) groups is 1. The number of carbonyl (C=O) groups excluding carboxylic acids is 2. The number of nitrogens with two attached hydrogens (primary N) is 1. The van der Waals surface area contributed by atoms with Gasteiger partial charge in [0.1, 0.15) is 16.8 Å². The summed E-state index contributed by atoms with van der Waals surface area (Å²) in [5.41, 5.74) is 6.70. The molecule has 2 unspecified atom stereocenters. The van der Waals surface area contributed by atoms with E-state index in [0.29, 0.717) is 9.14 Å². The van der Waals surface area contributed by atoms with Gasteiger partial charge >= 0.3 is 5.97 Å². The van der Waals surface area contributed by atoms with Crippen LogP contribution in [-0.2, 0) is 14.3 Å². The Morgan fingerprint density at radius 3 is 2.23 bits per heavy atom. The molecule has 2 aromatic carbocycles. The molecule has 0 spiro atoms. The molecule has 0 bridgehead atoms. The van der Waals surface area contributed by atoms with Crippen molar-refractivity contribution in [3.63, 3.8) is 0 Å². The van der Waals surface area contributed by atoms with Crippen LogP contribution in [0.1, 0.15) is 17.2 Å². The van der Waals surface area contributed by atoms with Crippen LogP contribution in [0.15, 0.2) is 70.1 Å². The molecule has 0 aromatic heterocycles. The molecule has 156 valence electrons. The highest BCUT2D eigenvalue weighted by Crippen LogP contribution is 2.45. The molecule has 2 aliphatic rings. The summed E-state index contributed by atoms with van der Waals surface area (Å²) in [6, 6.07) is 18.8. The van der Waals surface area contributed by atoms with E-state index < -0.39 is 17.6 Å². The number of ether oxygens (including phenoxy) is 1. The van der Waals surface area contributed by atoms with Gasteiger partial charge in [-0.2, -0.15) is 0 Å². The number of halogens is 2. The zero-order chi connectivity index (χ0) is 21.3. The van der Waals surface area contributed by atoms with E-state index in [2.05, 4.69) is 31.9 Å². The lowest BCUT2D eigenvalue weighted by atomic mass is 9.87. The van der Waals surface area contributed by atoms with Gasteiger partial charge in [0.2, 0.25) is 5.91 Å². The fraction of sp³-hybridized carbons (Fsp3) is 0.273. The molecule has 0 saturated carbocycles. The first-order valence-corrected chi connectivity index (χ1v) is 12.1. The molecule has 30 heavy (non-hydrogen) atoms. The number of β-lactam (4-membered cyclic amide) rings is 1. The summed E-state index contributed by atoms with van der Waals surface area (Å²) in [7, 11) is 0. The van der Waals surface area contributed by atoms with Crippen molar-refractivity contribution < 1.29 is 14.3 Å². The van der Waals surface area contributed by atoms with Crippen LogP contribution in [0.4, 0.5) is 0 Å². The molecule has 5 nitrogen and oxygen atoms in total. The molecule has 2 aromatic rings. The first-order valence-electron chi connectivity index (χ1n) is 9.44. The van der Waals surface area contributed by atoms with E-state index in [9.17, 15) is 9.59 Å². The summed E-state index contributed by atoms with van der Waals surface area (Å²) in [6.07, 6.45) is 1.24. The Hall–Kier alpha value is -1.61. The van der Waals surface area contributed by atoms with Crippen LogP contribution in [0.5, 0.6) is 0 Å². The second-order valence-electron chi connectivity index (χ2n) is 7.39. The van der Waals surface area contributed by atoms with Gasteiger partial charge < -0.3 is 15.4 Å². The molecule has 2 N–H and O–H groups in total. The summed E-state index contributed by atoms with van der Waals surface area (Å²) in [4.78, 5) is 27.5. The van der Waals surface area contributed by atoms with Crippen molar-refractivity contribution in [3.8, 4) is 0 Å². The van der Waals surface area contributed by atoms with Crippen molar-refractivity contribution in [2.75, 3.05) is 12.3 Å². The Labute approximate surface area is 196 Å². The maximum absolute atomic E-state index is 13.6. The van der Waals surface area contributed by atoms with Gasteiger partial charge in [-0.25, -0.2) is 0 Å². The molecular formula is C22H20Br2N2O3S. The number of hydrogen-bond donors (Lipinski definition) is 1. The lowest BCUT2D eigenvalue weighted by Gasteiger charge is -2.52. The second kappa shape index (κ2) is 8.86. The highest BCUT2D eigenvalue weighted by atomic mass is 79.9. The van der Waals surface area contributed by atoms with Gasteiger partial charge in [-0.15, -0.1) is 11.8 Å². The number of esters is 1. The zero-order valence-corrected chi connectivity index (χ0v) is 19.9. The van der Waals surface area contributed by atoms with Gasteiger partial charge in [0.25, 0.3) is 0 Å². The normalized spacial score (nSPS) is 25.3. The smallest absolute Gasteiger partial charge is 0.319 e. The zero-order valence-electron chi connectivity index (χ0n) is 15.9. The van der Waals surface area contributed by atoms with Crippen molar-refractivity contribution in [1.29, 1.82) is 0 Å². The number of hydrogen-bond acceptors (Lipinski definition) is 5. The van der Waals surface area contributed by atoms with Gasteiger partial charge in [0, 0.05) is 12.3 Å². The fourth-order valence-electron chi connectivity index (χ4n) is 3.78. The van der Waals surface area contributed by atoms with Gasteiger partial charge in [0.15, 0.2) is 6.10 Å². The monoisotopic (exact) mass is 550 g/mol. The topological polar surface area (TPSA) is 72.6 Å². The minimum absolute atomic E-state index is 0.0834. The van der Waals surface area contributed by atoms with Crippen LogP contribution >= 0.6 is 43.6 Å². The van der Waals surface area contributed by atoms with E-state index in [1.54, 1.807) is 11.0 Å². The Morgan fingerprint density at radius 2 is 1.70 bits per heavy atom. The Kier molecular flexibility index (Phi) is 6.39. The van der Waals surface area contributed by atoms with Gasteiger partial charge in [-0.3, -0.25) is 9.59 Å². The van der Waals surface area contributed by atoms with Crippen LogP contribution in [0.2, 0.25) is 0 Å². The summed E-state index contributed by atoms with van der Waals surface area (Å²) < 4.78 is 6.77. The summed E-state index contributed by atoms with van der Waals surface area (Å²) in [5.74, 6) is -0.0349. The number of rotatable bonds is 5. The minimum atomic E-state index is -0.985. The maximum atomic E-state index is 13.6. The fourth-order valence-corrected chi connectivity index (χ4v) is 6.10. The third-order valence-electron chi connectivity index (χ3n) is 5.37. The van der Waals surface area contributed by atoms with Crippen LogP contribution in [0, 0.1) is 5.41 Å². The first-order chi connectivity index (χ1) is 14.4. The van der Waals surface area contributed by atoms with Crippen LogP contribution < -0.4 is 5.73 Å². The molecule has 2 aliphatic heterocycles. The average molecular weight is 552 g/mol. The van der Waals surface area contributed by atoms with E-state index in [4.69, 9.17) is 10.5 Å². The van der Waals surface area contributed by atoms with E-state index in [0.717, 1.165) is 11.1 Å². The minimum Gasteiger partial charge on any atom is -0.452 e. The first kappa shape index (κ1) is 21.6. The molecule has 2 fully saturated rings. The van der Waals surface area contributed by atoms with Gasteiger partial charge in [-0.1, -0.05) is 60.7 Å². The molecule has 3 atom stereocenters. The molecular weight excluding hydrogens is 532 g/mol. The van der Waals surface area contributed by atoms with Crippen molar-refractivity contribution in [2.24, 2.45) is 11.1 Å². The third-order valence-corrected chi connectivity index (χ3v) is 7.40. The standard InChI is InChI=1S/C22H20Br2N2O3S/c23-16(24)11-22(12-26-19(27)17(25)20(26)30-13-22)21(28)29-18(14-7-3-1-4-8-14)15-9-5-2-6-10-15/h1-11,17-18,20H,12-13,25H2/t17?,20-,22?/m1/s1. The van der Waals surface area contributed by atoms with E-state index in [1.807, 2.05) is 60.7 Å². The Morgan fingerprint density at radius 1 is 1.13 bits per heavy atom. The number of benzene rings is 2.